The maximum atomic E-state index is 8.86. The lowest BCUT2D eigenvalue weighted by molar-refractivity contribution is 0.0383. The number of rotatable bonds is 1. The molecule has 0 aromatic rings. The number of nitriles is 1. The Bertz CT molecular complexity index is 261. The second kappa shape index (κ2) is 4.63. The molecule has 2 heterocycles. The van der Waals surface area contributed by atoms with Crippen LogP contribution in [0.15, 0.2) is 0 Å². The first-order chi connectivity index (χ1) is 7.65. The molecule has 0 radical (unpaired) electrons. The number of hydrogen-bond donors (Lipinski definition) is 0. The van der Waals surface area contributed by atoms with Gasteiger partial charge in [0, 0.05) is 19.1 Å². The summed E-state index contributed by atoms with van der Waals surface area (Å²) < 4.78 is 0. The average Bonchev–Trinajstić information content (AvgIpc) is 2.31. The largest absolute Gasteiger partial charge is 0.311 e. The SMILES string of the molecule is CC(C)N1CCC2(CCN(C#N)CC2)CC1. The molecule has 0 aromatic heterocycles. The Hall–Kier alpha value is -0.750. The van der Waals surface area contributed by atoms with Crippen molar-refractivity contribution >= 4 is 0 Å². The first kappa shape index (κ1) is 11.7. The maximum absolute atomic E-state index is 8.86. The molecule has 0 unspecified atom stereocenters. The number of likely N-dealkylation sites (tertiary alicyclic amines) is 2. The third kappa shape index (κ3) is 2.32. The van der Waals surface area contributed by atoms with Crippen molar-refractivity contribution < 1.29 is 0 Å². The standard InChI is InChI=1S/C13H23N3/c1-12(2)16-9-5-13(6-10-16)3-7-15(11-14)8-4-13/h12H,3-10H2,1-2H3. The Morgan fingerprint density at radius 2 is 1.50 bits per heavy atom. The van der Waals surface area contributed by atoms with Crippen LogP contribution in [0.2, 0.25) is 0 Å². The Labute approximate surface area is 99.0 Å². The lowest BCUT2D eigenvalue weighted by Crippen LogP contribution is -2.47. The zero-order valence-electron chi connectivity index (χ0n) is 10.6. The zero-order chi connectivity index (χ0) is 11.6. The predicted octanol–water partition coefficient (Wildman–Crippen LogP) is 2.05. The van der Waals surface area contributed by atoms with Gasteiger partial charge in [0.2, 0.25) is 0 Å². The van der Waals surface area contributed by atoms with Crippen LogP contribution in [0.4, 0.5) is 0 Å². The van der Waals surface area contributed by atoms with Gasteiger partial charge in [-0.25, -0.2) is 0 Å². The highest BCUT2D eigenvalue weighted by atomic mass is 15.2. The number of nitrogens with zero attached hydrogens (tertiary/aromatic N) is 3. The van der Waals surface area contributed by atoms with E-state index in [0.717, 1.165) is 13.1 Å². The minimum Gasteiger partial charge on any atom is -0.311 e. The molecule has 2 saturated heterocycles. The van der Waals surface area contributed by atoms with Crippen molar-refractivity contribution in [3.05, 3.63) is 0 Å². The topological polar surface area (TPSA) is 30.3 Å². The van der Waals surface area contributed by atoms with E-state index in [2.05, 4.69) is 24.9 Å². The molecule has 0 aromatic carbocycles. The highest BCUT2D eigenvalue weighted by Crippen LogP contribution is 2.41. The summed E-state index contributed by atoms with van der Waals surface area (Å²) in [7, 11) is 0. The smallest absolute Gasteiger partial charge is 0.179 e. The van der Waals surface area contributed by atoms with E-state index in [1.807, 2.05) is 4.90 Å². The Kier molecular flexibility index (Phi) is 3.39. The van der Waals surface area contributed by atoms with Crippen LogP contribution in [-0.4, -0.2) is 42.0 Å². The molecule has 0 N–H and O–H groups in total. The minimum absolute atomic E-state index is 0.568. The fraction of sp³-hybridized carbons (Fsp3) is 0.923. The van der Waals surface area contributed by atoms with Crippen molar-refractivity contribution in [3.8, 4) is 6.19 Å². The molecular formula is C13H23N3. The van der Waals surface area contributed by atoms with Gasteiger partial charge in [-0.05, 0) is 58.0 Å². The normalized spacial score (nSPS) is 26.0. The summed E-state index contributed by atoms with van der Waals surface area (Å²) in [6.45, 7) is 9.05. The molecule has 0 aliphatic carbocycles. The fourth-order valence-corrected chi connectivity index (χ4v) is 3.10. The highest BCUT2D eigenvalue weighted by Gasteiger charge is 2.37. The van der Waals surface area contributed by atoms with Crippen LogP contribution >= 0.6 is 0 Å². The maximum Gasteiger partial charge on any atom is 0.179 e. The third-order valence-corrected chi connectivity index (χ3v) is 4.55. The molecule has 1 spiro atoms. The third-order valence-electron chi connectivity index (χ3n) is 4.55. The van der Waals surface area contributed by atoms with E-state index in [0.29, 0.717) is 11.5 Å². The van der Waals surface area contributed by atoms with Crippen LogP contribution in [0.1, 0.15) is 39.5 Å². The molecule has 0 atom stereocenters. The van der Waals surface area contributed by atoms with Gasteiger partial charge < -0.3 is 9.80 Å². The van der Waals surface area contributed by atoms with Crippen LogP contribution in [-0.2, 0) is 0 Å². The lowest BCUT2D eigenvalue weighted by Gasteiger charge is -2.46. The van der Waals surface area contributed by atoms with E-state index in [9.17, 15) is 0 Å². The van der Waals surface area contributed by atoms with Gasteiger partial charge in [0.15, 0.2) is 6.19 Å². The molecule has 90 valence electrons. The molecule has 3 heteroatoms. The van der Waals surface area contributed by atoms with E-state index in [-0.39, 0.29) is 0 Å². The summed E-state index contributed by atoms with van der Waals surface area (Å²) in [6.07, 6.45) is 7.41. The summed E-state index contributed by atoms with van der Waals surface area (Å²) >= 11 is 0. The molecule has 3 nitrogen and oxygen atoms in total. The van der Waals surface area contributed by atoms with Crippen LogP contribution in [0.25, 0.3) is 0 Å². The Morgan fingerprint density at radius 3 is 1.94 bits per heavy atom. The number of piperidine rings is 2. The van der Waals surface area contributed by atoms with E-state index in [4.69, 9.17) is 5.26 Å². The number of hydrogen-bond acceptors (Lipinski definition) is 3. The van der Waals surface area contributed by atoms with Crippen molar-refractivity contribution in [1.29, 1.82) is 5.26 Å². The molecular weight excluding hydrogens is 198 g/mol. The van der Waals surface area contributed by atoms with Gasteiger partial charge in [0.1, 0.15) is 0 Å². The minimum atomic E-state index is 0.568. The lowest BCUT2D eigenvalue weighted by atomic mass is 9.71. The molecule has 0 amide bonds. The monoisotopic (exact) mass is 221 g/mol. The summed E-state index contributed by atoms with van der Waals surface area (Å²) in [5.41, 5.74) is 0.568. The van der Waals surface area contributed by atoms with Gasteiger partial charge in [0.05, 0.1) is 0 Å². The van der Waals surface area contributed by atoms with Gasteiger partial charge in [-0.2, -0.15) is 5.26 Å². The fourth-order valence-electron chi connectivity index (χ4n) is 3.10. The second-order valence-corrected chi connectivity index (χ2v) is 5.72. The van der Waals surface area contributed by atoms with Crippen molar-refractivity contribution in [2.24, 2.45) is 5.41 Å². The van der Waals surface area contributed by atoms with Crippen LogP contribution in [0, 0.1) is 16.9 Å². The van der Waals surface area contributed by atoms with Gasteiger partial charge in [0.25, 0.3) is 0 Å². The predicted molar refractivity (Wildman–Crippen MR) is 64.8 cm³/mol. The van der Waals surface area contributed by atoms with Crippen molar-refractivity contribution in [2.45, 2.75) is 45.6 Å². The van der Waals surface area contributed by atoms with Crippen molar-refractivity contribution in [1.82, 2.24) is 9.80 Å². The molecule has 0 saturated carbocycles. The summed E-state index contributed by atoms with van der Waals surface area (Å²) in [5, 5.41) is 8.86. The molecule has 2 aliphatic rings. The van der Waals surface area contributed by atoms with Crippen LogP contribution in [0.5, 0.6) is 0 Å². The van der Waals surface area contributed by atoms with E-state index in [1.54, 1.807) is 0 Å². The summed E-state index contributed by atoms with van der Waals surface area (Å²) in [4.78, 5) is 4.50. The Balaban J connectivity index is 1.87. The average molecular weight is 221 g/mol. The van der Waals surface area contributed by atoms with Gasteiger partial charge in [-0.15, -0.1) is 0 Å². The molecule has 2 rings (SSSR count). The molecule has 0 bridgehead atoms. The van der Waals surface area contributed by atoms with Gasteiger partial charge in [-0.3, -0.25) is 0 Å². The first-order valence-corrected chi connectivity index (χ1v) is 6.54. The second-order valence-electron chi connectivity index (χ2n) is 5.72. The van der Waals surface area contributed by atoms with Crippen LogP contribution in [0.3, 0.4) is 0 Å². The van der Waals surface area contributed by atoms with E-state index < -0.39 is 0 Å². The molecule has 2 aliphatic heterocycles. The van der Waals surface area contributed by atoms with E-state index >= 15 is 0 Å². The summed E-state index contributed by atoms with van der Waals surface area (Å²) in [6, 6.07) is 0.691. The highest BCUT2D eigenvalue weighted by molar-refractivity contribution is 4.93. The van der Waals surface area contributed by atoms with Crippen LogP contribution < -0.4 is 0 Å². The first-order valence-electron chi connectivity index (χ1n) is 6.54. The van der Waals surface area contributed by atoms with Crippen molar-refractivity contribution in [2.75, 3.05) is 26.2 Å². The summed E-state index contributed by atoms with van der Waals surface area (Å²) in [5.74, 6) is 0. The van der Waals surface area contributed by atoms with Gasteiger partial charge in [-0.1, -0.05) is 0 Å². The van der Waals surface area contributed by atoms with Gasteiger partial charge >= 0.3 is 0 Å². The quantitative estimate of drug-likeness (QED) is 0.635. The molecule has 16 heavy (non-hydrogen) atoms. The molecule has 2 fully saturated rings. The zero-order valence-corrected chi connectivity index (χ0v) is 10.6. The Morgan fingerprint density at radius 1 is 1.00 bits per heavy atom. The van der Waals surface area contributed by atoms with Crippen molar-refractivity contribution in [3.63, 3.8) is 0 Å². The van der Waals surface area contributed by atoms with E-state index in [1.165, 1.54) is 38.8 Å².